The lowest BCUT2D eigenvalue weighted by Gasteiger charge is -2.06. The van der Waals surface area contributed by atoms with E-state index >= 15 is 0 Å². The lowest BCUT2D eigenvalue weighted by Crippen LogP contribution is -2.51. The minimum absolute atomic E-state index is 0.115. The summed E-state index contributed by atoms with van der Waals surface area (Å²) in [6.45, 7) is 5.61. The third kappa shape index (κ3) is 4.02. The fourth-order valence-electron chi connectivity index (χ4n) is 1.51. The predicted molar refractivity (Wildman–Crippen MR) is 73.5 cm³/mol. The third-order valence-electron chi connectivity index (χ3n) is 2.62. The maximum Gasteiger partial charge on any atom is 0.178 e. The summed E-state index contributed by atoms with van der Waals surface area (Å²) in [6.07, 6.45) is 0. The minimum atomic E-state index is -0.769. The van der Waals surface area contributed by atoms with Crippen LogP contribution in [0, 0.1) is 24.2 Å². The van der Waals surface area contributed by atoms with Crippen molar-refractivity contribution in [2.45, 2.75) is 12.7 Å². The van der Waals surface area contributed by atoms with Gasteiger partial charge in [0.05, 0.1) is 11.8 Å². The average Bonchev–Trinajstić information content (AvgIpc) is 2.32. The van der Waals surface area contributed by atoms with E-state index in [1.165, 1.54) is 22.9 Å². The van der Waals surface area contributed by atoms with Gasteiger partial charge < -0.3 is 5.73 Å². The van der Waals surface area contributed by atoms with Crippen LogP contribution in [0.15, 0.2) is 36.5 Å². The Morgan fingerprint density at radius 2 is 2.22 bits per heavy atom. The Balaban J connectivity index is 2.48. The highest BCUT2D eigenvalue weighted by molar-refractivity contribution is 7.99. The zero-order valence-electron chi connectivity index (χ0n) is 10.5. The van der Waals surface area contributed by atoms with E-state index < -0.39 is 5.92 Å². The molecule has 1 atom stereocenters. The number of hydrogen-bond acceptors (Lipinski definition) is 3. The molecule has 1 rings (SSSR count). The van der Waals surface area contributed by atoms with Gasteiger partial charge in [0.15, 0.2) is 11.7 Å². The number of thioether (sulfide) groups is 1. The van der Waals surface area contributed by atoms with Gasteiger partial charge in [0, 0.05) is 5.75 Å². The second-order valence-electron chi connectivity index (χ2n) is 4.11. The first kappa shape index (κ1) is 14.5. The number of rotatable bonds is 6. The highest BCUT2D eigenvalue weighted by Gasteiger charge is 2.21. The number of aryl methyl sites for hydroxylation is 1. The lowest BCUT2D eigenvalue weighted by atomic mass is 10.1. The zero-order chi connectivity index (χ0) is 13.5. The Morgan fingerprint density at radius 1 is 1.56 bits per heavy atom. The number of hydrogen-bond donors (Lipinski definition) is 1. The largest absolute Gasteiger partial charge is 0.328 e. The first-order chi connectivity index (χ1) is 8.56. The Morgan fingerprint density at radius 3 is 2.78 bits per heavy atom. The maximum absolute atomic E-state index is 11.7. The van der Waals surface area contributed by atoms with Gasteiger partial charge in [0.25, 0.3) is 0 Å². The summed E-state index contributed by atoms with van der Waals surface area (Å²) in [5, 5.41) is 8.85. The van der Waals surface area contributed by atoms with Crippen molar-refractivity contribution in [3.8, 4) is 6.07 Å². The smallest absolute Gasteiger partial charge is 0.178 e. The summed E-state index contributed by atoms with van der Waals surface area (Å²) >= 11 is 1.52. The van der Waals surface area contributed by atoms with Crippen LogP contribution in [-0.4, -0.2) is 11.5 Å². The number of nitrogens with zero attached hydrogens (tertiary/aromatic N) is 1. The second kappa shape index (κ2) is 7.00. The molecular formula is C14H17N2OS+. The number of benzene rings is 1. The van der Waals surface area contributed by atoms with E-state index in [0.29, 0.717) is 11.4 Å². The minimum Gasteiger partial charge on any atom is -0.328 e. The van der Waals surface area contributed by atoms with Crippen molar-refractivity contribution in [2.75, 3.05) is 5.75 Å². The van der Waals surface area contributed by atoms with E-state index in [9.17, 15) is 4.79 Å². The maximum atomic E-state index is 11.7. The Hall–Kier alpha value is -1.57. The monoisotopic (exact) mass is 261 g/mol. The van der Waals surface area contributed by atoms with Crippen LogP contribution in [0.2, 0.25) is 0 Å². The van der Waals surface area contributed by atoms with Gasteiger partial charge in [-0.3, -0.25) is 4.79 Å². The third-order valence-corrected chi connectivity index (χ3v) is 3.63. The van der Waals surface area contributed by atoms with Crippen LogP contribution in [0.25, 0.3) is 0 Å². The summed E-state index contributed by atoms with van der Waals surface area (Å²) in [4.78, 5) is 11.7. The van der Waals surface area contributed by atoms with Crippen molar-refractivity contribution in [1.82, 2.24) is 0 Å². The molecule has 0 bridgehead atoms. The highest BCUT2D eigenvalue weighted by Crippen LogP contribution is 2.17. The van der Waals surface area contributed by atoms with Gasteiger partial charge in [0.1, 0.15) is 5.70 Å². The number of quaternary nitrogens is 1. The van der Waals surface area contributed by atoms with Crippen LogP contribution in [0.3, 0.4) is 0 Å². The SMILES string of the molecule is C=C([NH3+])[C@H](C#N)C(=O)CSCc1ccccc1C. The van der Waals surface area contributed by atoms with Crippen LogP contribution in [0.5, 0.6) is 0 Å². The van der Waals surface area contributed by atoms with E-state index in [0.717, 1.165) is 5.75 Å². The molecule has 0 amide bonds. The molecule has 0 unspecified atom stereocenters. The van der Waals surface area contributed by atoms with Gasteiger partial charge in [-0.2, -0.15) is 5.26 Å². The van der Waals surface area contributed by atoms with E-state index in [1.807, 2.05) is 31.2 Å². The molecule has 94 valence electrons. The summed E-state index contributed by atoms with van der Waals surface area (Å²) in [5.41, 5.74) is 6.38. The molecule has 0 radical (unpaired) electrons. The quantitative estimate of drug-likeness (QED) is 0.847. The standard InChI is InChI=1S/C14H16N2OS/c1-10-5-3-4-6-12(10)8-18-9-14(17)13(7-15)11(2)16/h3-6,13H,2,8-9,16H2,1H3/p+1/t13-/m0/s1. The first-order valence-electron chi connectivity index (χ1n) is 5.61. The predicted octanol–water partition coefficient (Wildman–Crippen LogP) is 1.69. The fraction of sp³-hybridized carbons (Fsp3) is 0.286. The molecule has 4 heteroatoms. The number of Topliss-reactive ketones (excluding diaryl/α,β-unsaturated/α-hetero) is 1. The number of ketones is 1. The van der Waals surface area contributed by atoms with Crippen molar-refractivity contribution >= 4 is 17.5 Å². The molecule has 0 spiro atoms. The molecule has 0 saturated heterocycles. The molecule has 3 N–H and O–H groups in total. The van der Waals surface area contributed by atoms with Crippen LogP contribution in [-0.2, 0) is 10.5 Å². The Bertz CT molecular complexity index is 491. The average molecular weight is 261 g/mol. The number of allylic oxidation sites excluding steroid dienone is 1. The molecule has 0 saturated carbocycles. The molecule has 0 aromatic heterocycles. The van der Waals surface area contributed by atoms with Gasteiger partial charge in [-0.05, 0) is 24.6 Å². The van der Waals surface area contributed by atoms with E-state index in [2.05, 4.69) is 18.4 Å². The molecule has 1 aromatic carbocycles. The fourth-order valence-corrected chi connectivity index (χ4v) is 2.52. The summed E-state index contributed by atoms with van der Waals surface area (Å²) < 4.78 is 0. The van der Waals surface area contributed by atoms with Crippen molar-refractivity contribution in [3.63, 3.8) is 0 Å². The van der Waals surface area contributed by atoms with E-state index in [4.69, 9.17) is 5.26 Å². The van der Waals surface area contributed by atoms with Crippen LogP contribution >= 0.6 is 11.8 Å². The molecule has 0 aliphatic heterocycles. The lowest BCUT2D eigenvalue weighted by molar-refractivity contribution is -0.309. The van der Waals surface area contributed by atoms with Gasteiger partial charge in [-0.25, -0.2) is 0 Å². The van der Waals surface area contributed by atoms with Crippen LogP contribution in [0.4, 0.5) is 0 Å². The van der Waals surface area contributed by atoms with Gasteiger partial charge in [-0.1, -0.05) is 24.3 Å². The molecule has 0 fully saturated rings. The first-order valence-corrected chi connectivity index (χ1v) is 6.77. The van der Waals surface area contributed by atoms with E-state index in [-0.39, 0.29) is 5.78 Å². The molecule has 0 aliphatic rings. The Labute approximate surface area is 112 Å². The Kier molecular flexibility index (Phi) is 5.63. The normalized spacial score (nSPS) is 11.6. The van der Waals surface area contributed by atoms with Gasteiger partial charge in [0.2, 0.25) is 0 Å². The van der Waals surface area contributed by atoms with E-state index in [1.54, 1.807) is 0 Å². The molecule has 0 heterocycles. The van der Waals surface area contributed by atoms with Crippen molar-refractivity contribution in [3.05, 3.63) is 47.7 Å². The number of carbonyl (C=O) groups is 1. The zero-order valence-corrected chi connectivity index (χ0v) is 11.3. The van der Waals surface area contributed by atoms with Crippen molar-refractivity contribution in [2.24, 2.45) is 5.92 Å². The second-order valence-corrected chi connectivity index (χ2v) is 5.09. The van der Waals surface area contributed by atoms with Crippen LogP contribution in [0.1, 0.15) is 11.1 Å². The molecule has 0 aliphatic carbocycles. The molecular weight excluding hydrogens is 244 g/mol. The summed E-state index contributed by atoms with van der Waals surface area (Å²) in [7, 11) is 0. The van der Waals surface area contributed by atoms with Gasteiger partial charge >= 0.3 is 0 Å². The van der Waals surface area contributed by atoms with Crippen molar-refractivity contribution in [1.29, 1.82) is 5.26 Å². The summed E-state index contributed by atoms with van der Waals surface area (Å²) in [5.74, 6) is 0.215. The topological polar surface area (TPSA) is 68.5 Å². The van der Waals surface area contributed by atoms with Gasteiger partial charge in [-0.15, -0.1) is 11.8 Å². The molecule has 1 aromatic rings. The highest BCUT2D eigenvalue weighted by atomic mass is 32.2. The number of nitriles is 1. The molecule has 3 nitrogen and oxygen atoms in total. The van der Waals surface area contributed by atoms with Crippen molar-refractivity contribution < 1.29 is 10.5 Å². The van der Waals surface area contributed by atoms with Crippen LogP contribution < -0.4 is 5.73 Å². The summed E-state index contributed by atoms with van der Waals surface area (Å²) in [6, 6.07) is 10.0. The molecule has 18 heavy (non-hydrogen) atoms. The number of carbonyl (C=O) groups excluding carboxylic acids is 1.